The molecule has 7 nitrogen and oxygen atoms in total. The van der Waals surface area contributed by atoms with E-state index in [1.165, 1.54) is 6.33 Å². The van der Waals surface area contributed by atoms with Crippen LogP contribution in [0.4, 0.5) is 11.5 Å². The fourth-order valence-electron chi connectivity index (χ4n) is 3.79. The third kappa shape index (κ3) is 4.41. The minimum Gasteiger partial charge on any atom is -0.376 e. The lowest BCUT2D eigenvalue weighted by molar-refractivity contribution is -0.132. The summed E-state index contributed by atoms with van der Waals surface area (Å²) in [7, 11) is 0. The van der Waals surface area contributed by atoms with Gasteiger partial charge >= 0.3 is 0 Å². The summed E-state index contributed by atoms with van der Waals surface area (Å²) < 4.78 is 0. The first-order valence-corrected chi connectivity index (χ1v) is 10.3. The van der Waals surface area contributed by atoms with Gasteiger partial charge in [0.2, 0.25) is 5.91 Å². The molecule has 1 aliphatic heterocycles. The Kier molecular flexibility index (Phi) is 5.78. The highest BCUT2D eigenvalue weighted by Crippen LogP contribution is 2.25. The largest absolute Gasteiger partial charge is 0.376 e. The van der Waals surface area contributed by atoms with E-state index < -0.39 is 0 Å². The number of anilines is 2. The molecular formula is C20H22Cl2N6O. The van der Waals surface area contributed by atoms with Crippen LogP contribution in [0.15, 0.2) is 36.8 Å². The number of hydrogen-bond donors (Lipinski definition) is 3. The predicted molar refractivity (Wildman–Crippen MR) is 117 cm³/mol. The number of piperidine rings is 1. The van der Waals surface area contributed by atoms with Crippen LogP contribution in [0, 0.1) is 0 Å². The Morgan fingerprint density at radius 2 is 2.07 bits per heavy atom. The molecule has 0 spiro atoms. The average molecular weight is 433 g/mol. The summed E-state index contributed by atoms with van der Waals surface area (Å²) in [5.74, 6) is 0.823. The molecule has 4 rings (SSSR count). The SMILES string of the molecule is C[C@@H]1[C@H](Nc2ncnc3[nH]ccc23)CCCN1C(=O)CNc1cc(Cl)cc(Cl)c1. The molecule has 0 bridgehead atoms. The van der Waals surface area contributed by atoms with Crippen molar-refractivity contribution >= 4 is 51.6 Å². The van der Waals surface area contributed by atoms with E-state index in [1.807, 2.05) is 17.2 Å². The molecule has 3 aromatic rings. The van der Waals surface area contributed by atoms with E-state index in [0.717, 1.165) is 41.9 Å². The van der Waals surface area contributed by atoms with E-state index in [4.69, 9.17) is 23.2 Å². The quantitative estimate of drug-likeness (QED) is 0.563. The number of nitrogens with zero attached hydrogens (tertiary/aromatic N) is 3. The number of halogens is 2. The molecule has 29 heavy (non-hydrogen) atoms. The maximum Gasteiger partial charge on any atom is 0.242 e. The van der Waals surface area contributed by atoms with Crippen LogP contribution in [0.2, 0.25) is 10.0 Å². The third-order valence-electron chi connectivity index (χ3n) is 5.29. The molecule has 1 amide bonds. The van der Waals surface area contributed by atoms with Gasteiger partial charge in [-0.15, -0.1) is 0 Å². The highest BCUT2D eigenvalue weighted by Gasteiger charge is 2.31. The van der Waals surface area contributed by atoms with Crippen LogP contribution in [0.1, 0.15) is 19.8 Å². The minimum absolute atomic E-state index is 0.0324. The van der Waals surface area contributed by atoms with E-state index >= 15 is 0 Å². The Bertz CT molecular complexity index is 1000. The molecule has 0 radical (unpaired) electrons. The van der Waals surface area contributed by atoms with Gasteiger partial charge in [-0.2, -0.15) is 0 Å². The number of aromatic amines is 1. The molecule has 0 saturated carbocycles. The van der Waals surface area contributed by atoms with E-state index in [0.29, 0.717) is 10.0 Å². The normalized spacial score (nSPS) is 19.3. The van der Waals surface area contributed by atoms with E-state index in [-0.39, 0.29) is 24.5 Å². The summed E-state index contributed by atoms with van der Waals surface area (Å²) in [6.45, 7) is 2.99. The number of hydrogen-bond acceptors (Lipinski definition) is 5. The smallest absolute Gasteiger partial charge is 0.242 e. The predicted octanol–water partition coefficient (Wildman–Crippen LogP) is 4.17. The molecule has 1 saturated heterocycles. The van der Waals surface area contributed by atoms with Gasteiger partial charge in [0.15, 0.2) is 0 Å². The van der Waals surface area contributed by atoms with Gasteiger partial charge in [0.1, 0.15) is 17.8 Å². The van der Waals surface area contributed by atoms with Crippen molar-refractivity contribution in [1.82, 2.24) is 19.9 Å². The zero-order valence-corrected chi connectivity index (χ0v) is 17.5. The van der Waals surface area contributed by atoms with Crippen molar-refractivity contribution in [2.24, 2.45) is 0 Å². The molecule has 2 atom stereocenters. The van der Waals surface area contributed by atoms with Crippen molar-refractivity contribution in [1.29, 1.82) is 0 Å². The molecule has 1 aromatic carbocycles. The number of benzene rings is 1. The molecule has 3 heterocycles. The summed E-state index contributed by atoms with van der Waals surface area (Å²) in [6.07, 6.45) is 5.28. The van der Waals surface area contributed by atoms with Gasteiger partial charge in [0, 0.05) is 40.6 Å². The molecular weight excluding hydrogens is 411 g/mol. The van der Waals surface area contributed by atoms with Crippen LogP contribution in [-0.4, -0.2) is 50.9 Å². The number of H-pyrrole nitrogens is 1. The number of aromatic nitrogens is 3. The second-order valence-electron chi connectivity index (χ2n) is 7.19. The second-order valence-corrected chi connectivity index (χ2v) is 8.07. The van der Waals surface area contributed by atoms with Crippen LogP contribution in [0.3, 0.4) is 0 Å². The molecule has 152 valence electrons. The minimum atomic E-state index is 0.0324. The molecule has 2 aromatic heterocycles. The summed E-state index contributed by atoms with van der Waals surface area (Å²) in [5, 5.41) is 8.65. The van der Waals surface area contributed by atoms with Crippen molar-refractivity contribution in [3.63, 3.8) is 0 Å². The molecule has 0 unspecified atom stereocenters. The number of fused-ring (bicyclic) bond motifs is 1. The standard InChI is InChI=1S/C20H22Cl2N6O/c1-12-17(27-20-16-4-5-23-19(16)25-11-26-20)3-2-6-28(12)18(29)10-24-15-8-13(21)7-14(22)9-15/h4-5,7-9,11-12,17,24H,2-3,6,10H2,1H3,(H2,23,25,26,27)/t12-,17-/m1/s1. The van der Waals surface area contributed by atoms with Crippen molar-refractivity contribution in [3.05, 3.63) is 46.8 Å². The Labute approximate surface area is 178 Å². The van der Waals surface area contributed by atoms with Gasteiger partial charge in [-0.3, -0.25) is 4.79 Å². The summed E-state index contributed by atoms with van der Waals surface area (Å²) in [5.41, 5.74) is 1.52. The zero-order valence-electron chi connectivity index (χ0n) is 16.0. The Morgan fingerprint density at radius 1 is 1.28 bits per heavy atom. The average Bonchev–Trinajstić information content (AvgIpc) is 3.17. The number of likely N-dealkylation sites (tertiary alicyclic amines) is 1. The Balaban J connectivity index is 1.41. The van der Waals surface area contributed by atoms with E-state index in [1.54, 1.807) is 18.2 Å². The van der Waals surface area contributed by atoms with Gasteiger partial charge in [-0.1, -0.05) is 23.2 Å². The maximum atomic E-state index is 12.9. The number of rotatable bonds is 5. The van der Waals surface area contributed by atoms with Crippen molar-refractivity contribution < 1.29 is 4.79 Å². The summed E-state index contributed by atoms with van der Waals surface area (Å²) in [4.78, 5) is 26.5. The van der Waals surface area contributed by atoms with Crippen molar-refractivity contribution in [2.75, 3.05) is 23.7 Å². The maximum absolute atomic E-state index is 12.9. The molecule has 1 fully saturated rings. The number of carbonyl (C=O) groups excluding carboxylic acids is 1. The summed E-state index contributed by atoms with van der Waals surface area (Å²) in [6, 6.07) is 7.26. The fraction of sp³-hybridized carbons (Fsp3) is 0.350. The fourth-order valence-corrected chi connectivity index (χ4v) is 4.31. The molecule has 9 heteroatoms. The van der Waals surface area contributed by atoms with Gasteiger partial charge in [-0.05, 0) is 44.0 Å². The van der Waals surface area contributed by atoms with E-state index in [9.17, 15) is 4.79 Å². The lowest BCUT2D eigenvalue weighted by Gasteiger charge is -2.40. The van der Waals surface area contributed by atoms with Crippen molar-refractivity contribution in [2.45, 2.75) is 31.8 Å². The summed E-state index contributed by atoms with van der Waals surface area (Å²) >= 11 is 12.1. The highest BCUT2D eigenvalue weighted by molar-refractivity contribution is 6.35. The van der Waals surface area contributed by atoms with Gasteiger partial charge in [0.05, 0.1) is 11.9 Å². The topological polar surface area (TPSA) is 85.9 Å². The highest BCUT2D eigenvalue weighted by atomic mass is 35.5. The Hall–Kier alpha value is -2.51. The first-order chi connectivity index (χ1) is 14.0. The molecule has 1 aliphatic rings. The first-order valence-electron chi connectivity index (χ1n) is 9.55. The van der Waals surface area contributed by atoms with Crippen LogP contribution in [-0.2, 0) is 4.79 Å². The Morgan fingerprint density at radius 3 is 2.86 bits per heavy atom. The van der Waals surface area contributed by atoms with Crippen LogP contribution < -0.4 is 10.6 Å². The lowest BCUT2D eigenvalue weighted by Crippen LogP contribution is -2.53. The third-order valence-corrected chi connectivity index (χ3v) is 5.73. The second kappa shape index (κ2) is 8.47. The van der Waals surface area contributed by atoms with Gasteiger partial charge in [0.25, 0.3) is 0 Å². The first kappa shape index (κ1) is 19.8. The molecule has 3 N–H and O–H groups in total. The molecule has 0 aliphatic carbocycles. The number of nitrogens with one attached hydrogen (secondary N) is 3. The van der Waals surface area contributed by atoms with Gasteiger partial charge in [-0.25, -0.2) is 9.97 Å². The number of amides is 1. The van der Waals surface area contributed by atoms with Crippen LogP contribution in [0.5, 0.6) is 0 Å². The van der Waals surface area contributed by atoms with Crippen molar-refractivity contribution in [3.8, 4) is 0 Å². The van der Waals surface area contributed by atoms with Crippen LogP contribution >= 0.6 is 23.2 Å². The lowest BCUT2D eigenvalue weighted by atomic mass is 9.97. The zero-order chi connectivity index (χ0) is 20.4. The number of carbonyl (C=O) groups is 1. The van der Waals surface area contributed by atoms with E-state index in [2.05, 4.69) is 32.5 Å². The van der Waals surface area contributed by atoms with Gasteiger partial charge < -0.3 is 20.5 Å². The van der Waals surface area contributed by atoms with Crippen LogP contribution in [0.25, 0.3) is 11.0 Å². The monoisotopic (exact) mass is 432 g/mol.